The lowest BCUT2D eigenvalue weighted by atomic mass is 9.89. The summed E-state index contributed by atoms with van der Waals surface area (Å²) in [5, 5.41) is 1.25. The topological polar surface area (TPSA) is 61.5 Å². The molecule has 2 aliphatic heterocycles. The lowest BCUT2D eigenvalue weighted by Gasteiger charge is -2.34. The predicted molar refractivity (Wildman–Crippen MR) is 134 cm³/mol. The van der Waals surface area contributed by atoms with Crippen molar-refractivity contribution in [2.45, 2.75) is 32.1 Å². The van der Waals surface area contributed by atoms with Gasteiger partial charge in [0.25, 0.3) is 0 Å². The highest BCUT2D eigenvalue weighted by Crippen LogP contribution is 2.39. The largest absolute Gasteiger partial charge is 0.379 e. The summed E-state index contributed by atoms with van der Waals surface area (Å²) in [5.74, 6) is 0.588. The van der Waals surface area contributed by atoms with Crippen molar-refractivity contribution in [2.24, 2.45) is 0 Å². The number of amides is 1. The number of nitrogens with one attached hydrogen (secondary N) is 1. The molecular weight excluding hydrogens is 436 g/mol. The van der Waals surface area contributed by atoms with Gasteiger partial charge in [0.1, 0.15) is 0 Å². The van der Waals surface area contributed by atoms with Gasteiger partial charge in [0.05, 0.1) is 13.2 Å². The molecule has 4 heterocycles. The molecule has 176 valence electrons. The molecule has 2 aromatic heterocycles. The van der Waals surface area contributed by atoms with Crippen LogP contribution in [-0.4, -0.2) is 71.6 Å². The summed E-state index contributed by atoms with van der Waals surface area (Å²) in [6.07, 6.45) is 6.44. The fraction of sp³-hybridized carbons (Fsp3) is 0.462. The minimum Gasteiger partial charge on any atom is -0.379 e. The Labute approximate surface area is 201 Å². The quantitative estimate of drug-likeness (QED) is 0.603. The first-order chi connectivity index (χ1) is 15.7. The zero-order valence-electron chi connectivity index (χ0n) is 19.3. The maximum atomic E-state index is 13.0. The van der Waals surface area contributed by atoms with Gasteiger partial charge in [0.15, 0.2) is 0 Å². The summed E-state index contributed by atoms with van der Waals surface area (Å²) in [7, 11) is 0. The molecule has 2 saturated heterocycles. The normalized spacial score (nSPS) is 19.4. The molecule has 3 aromatic rings. The summed E-state index contributed by atoms with van der Waals surface area (Å²) in [6.45, 7) is 8.03. The average molecular weight is 469 g/mol. The Morgan fingerprint density at radius 1 is 1.15 bits per heavy atom. The Morgan fingerprint density at radius 2 is 1.94 bits per heavy atom. The number of aromatic nitrogens is 2. The van der Waals surface area contributed by atoms with Crippen molar-refractivity contribution >= 4 is 29.2 Å². The van der Waals surface area contributed by atoms with E-state index in [4.69, 9.17) is 4.74 Å². The molecule has 0 aliphatic carbocycles. The van der Waals surface area contributed by atoms with Crippen LogP contribution >= 0.6 is 12.4 Å². The number of aryl methyl sites for hydroxylation is 1. The van der Waals surface area contributed by atoms with E-state index in [-0.39, 0.29) is 18.3 Å². The molecule has 0 saturated carbocycles. The monoisotopic (exact) mass is 468 g/mol. The van der Waals surface area contributed by atoms with Crippen LogP contribution in [0.4, 0.5) is 0 Å². The minimum absolute atomic E-state index is 0. The summed E-state index contributed by atoms with van der Waals surface area (Å²) in [5.41, 5.74) is 6.11. The maximum Gasteiger partial charge on any atom is 0.223 e. The highest BCUT2D eigenvalue weighted by atomic mass is 35.5. The molecule has 0 bridgehead atoms. The van der Waals surface area contributed by atoms with Crippen LogP contribution < -0.4 is 0 Å². The minimum atomic E-state index is 0. The predicted octanol–water partition coefficient (Wildman–Crippen LogP) is 4.39. The van der Waals surface area contributed by atoms with Crippen molar-refractivity contribution in [1.82, 2.24) is 19.8 Å². The van der Waals surface area contributed by atoms with E-state index in [2.05, 4.69) is 57.0 Å². The molecule has 2 fully saturated rings. The van der Waals surface area contributed by atoms with Crippen molar-refractivity contribution in [1.29, 1.82) is 0 Å². The van der Waals surface area contributed by atoms with E-state index >= 15 is 0 Å². The number of nitrogens with zero attached hydrogens (tertiary/aromatic N) is 3. The molecule has 0 radical (unpaired) electrons. The van der Waals surface area contributed by atoms with E-state index in [1.54, 1.807) is 0 Å². The fourth-order valence-electron chi connectivity index (χ4n) is 5.14. The van der Waals surface area contributed by atoms with Crippen LogP contribution in [-0.2, 0) is 9.53 Å². The third-order valence-electron chi connectivity index (χ3n) is 6.88. The van der Waals surface area contributed by atoms with Crippen LogP contribution in [0.2, 0.25) is 0 Å². The number of ether oxygens (including phenoxy) is 1. The number of fused-ring (bicyclic) bond motifs is 1. The Bertz CT molecular complexity index is 1080. The smallest absolute Gasteiger partial charge is 0.223 e. The van der Waals surface area contributed by atoms with Gasteiger partial charge in [-0.3, -0.25) is 14.7 Å². The van der Waals surface area contributed by atoms with E-state index < -0.39 is 0 Å². The second-order valence-corrected chi connectivity index (χ2v) is 9.08. The van der Waals surface area contributed by atoms with Crippen LogP contribution in [0.5, 0.6) is 0 Å². The number of benzene rings is 1. The SMILES string of the molecule is Cc1ccc2[nH]c(C3CCCN(C(=O)CCN4CCOCC4)C3)c(-c3ccncc3)c2c1.Cl. The van der Waals surface area contributed by atoms with Crippen molar-refractivity contribution in [3.63, 3.8) is 0 Å². The van der Waals surface area contributed by atoms with Gasteiger partial charge >= 0.3 is 0 Å². The number of H-pyrrole nitrogens is 1. The van der Waals surface area contributed by atoms with Gasteiger partial charge in [0, 0.05) is 79.6 Å². The van der Waals surface area contributed by atoms with E-state index in [0.29, 0.717) is 12.3 Å². The van der Waals surface area contributed by atoms with Crippen LogP contribution in [0.1, 0.15) is 36.4 Å². The third-order valence-corrected chi connectivity index (χ3v) is 6.88. The Hall–Kier alpha value is -2.41. The summed E-state index contributed by atoms with van der Waals surface area (Å²) in [6, 6.07) is 10.8. The van der Waals surface area contributed by atoms with Gasteiger partial charge in [0.2, 0.25) is 5.91 Å². The Kier molecular flexibility index (Phi) is 7.68. The zero-order chi connectivity index (χ0) is 21.9. The molecular formula is C26H33ClN4O2. The first kappa shape index (κ1) is 23.7. The summed E-state index contributed by atoms with van der Waals surface area (Å²) < 4.78 is 5.42. The number of halogens is 1. The van der Waals surface area contributed by atoms with E-state index in [1.165, 1.54) is 27.8 Å². The third kappa shape index (κ3) is 5.24. The average Bonchev–Trinajstić information content (AvgIpc) is 3.22. The van der Waals surface area contributed by atoms with Gasteiger partial charge in [-0.05, 0) is 49.6 Å². The number of carbonyl (C=O) groups is 1. The molecule has 33 heavy (non-hydrogen) atoms. The maximum absolute atomic E-state index is 13.0. The van der Waals surface area contributed by atoms with Gasteiger partial charge in [-0.25, -0.2) is 0 Å². The van der Waals surface area contributed by atoms with Crippen molar-refractivity contribution in [2.75, 3.05) is 45.9 Å². The number of piperidine rings is 1. The zero-order valence-corrected chi connectivity index (χ0v) is 20.1. The second kappa shape index (κ2) is 10.7. The number of carbonyl (C=O) groups excluding carboxylic acids is 1. The van der Waals surface area contributed by atoms with E-state index in [0.717, 1.165) is 64.3 Å². The summed E-state index contributed by atoms with van der Waals surface area (Å²) >= 11 is 0. The Balaban J connectivity index is 0.00000259. The lowest BCUT2D eigenvalue weighted by Crippen LogP contribution is -2.42. The molecule has 1 aromatic carbocycles. The van der Waals surface area contributed by atoms with Crippen molar-refractivity contribution < 1.29 is 9.53 Å². The molecule has 6 nitrogen and oxygen atoms in total. The highest BCUT2D eigenvalue weighted by molar-refractivity contribution is 5.98. The van der Waals surface area contributed by atoms with Crippen LogP contribution in [0.25, 0.3) is 22.0 Å². The molecule has 0 spiro atoms. The molecule has 2 aliphatic rings. The van der Waals surface area contributed by atoms with Crippen LogP contribution in [0.15, 0.2) is 42.7 Å². The first-order valence-electron chi connectivity index (χ1n) is 11.8. The lowest BCUT2D eigenvalue weighted by molar-refractivity contribution is -0.133. The molecule has 7 heteroatoms. The number of hydrogen-bond donors (Lipinski definition) is 1. The standard InChI is InChI=1S/C26H32N4O2.ClH/c1-19-4-5-23-22(17-19)25(20-6-9-27-10-7-20)26(28-23)21-3-2-11-30(18-21)24(31)8-12-29-13-15-32-16-14-29;/h4-7,9-10,17,21,28H,2-3,8,11-16,18H2,1H3;1H. The van der Waals surface area contributed by atoms with Crippen molar-refractivity contribution in [3.05, 3.63) is 54.0 Å². The summed E-state index contributed by atoms with van der Waals surface area (Å²) in [4.78, 5) is 25.4. The number of hydrogen-bond acceptors (Lipinski definition) is 4. The van der Waals surface area contributed by atoms with Crippen LogP contribution in [0, 0.1) is 6.92 Å². The first-order valence-corrected chi connectivity index (χ1v) is 11.8. The van der Waals surface area contributed by atoms with E-state index in [9.17, 15) is 4.79 Å². The highest BCUT2D eigenvalue weighted by Gasteiger charge is 2.29. The van der Waals surface area contributed by atoms with Crippen molar-refractivity contribution in [3.8, 4) is 11.1 Å². The number of pyridine rings is 1. The van der Waals surface area contributed by atoms with E-state index in [1.807, 2.05) is 12.4 Å². The molecule has 1 unspecified atom stereocenters. The van der Waals surface area contributed by atoms with Gasteiger partial charge in [-0.15, -0.1) is 12.4 Å². The Morgan fingerprint density at radius 3 is 2.73 bits per heavy atom. The number of likely N-dealkylation sites (tertiary alicyclic amines) is 1. The molecule has 5 rings (SSSR count). The number of aromatic amines is 1. The number of rotatable bonds is 5. The second-order valence-electron chi connectivity index (χ2n) is 9.08. The molecule has 1 atom stereocenters. The fourth-order valence-corrected chi connectivity index (χ4v) is 5.14. The molecule has 1 amide bonds. The van der Waals surface area contributed by atoms with Crippen LogP contribution in [0.3, 0.4) is 0 Å². The number of morpholine rings is 1. The van der Waals surface area contributed by atoms with Gasteiger partial charge < -0.3 is 14.6 Å². The van der Waals surface area contributed by atoms with Gasteiger partial charge in [-0.1, -0.05) is 11.6 Å². The molecule has 1 N–H and O–H groups in total. The van der Waals surface area contributed by atoms with Gasteiger partial charge in [-0.2, -0.15) is 0 Å².